The lowest BCUT2D eigenvalue weighted by Crippen LogP contribution is -2.06. The van der Waals surface area contributed by atoms with Crippen molar-refractivity contribution in [3.8, 4) is 0 Å². The number of tetrazole rings is 1. The Bertz CT molecular complexity index is 566. The number of hydrogen-bond acceptors (Lipinski definition) is 3. The molecule has 0 aliphatic carbocycles. The number of aromatic nitrogens is 4. The third-order valence-corrected chi connectivity index (χ3v) is 3.18. The standard InChI is InChI=1S/C15H14N4/c1-3-7-12(8-4-1)14(11-15-16-18-19-17-15)13-9-5-2-6-10-13/h1-10,14H,11H2,(H,16,17,18,19). The minimum Gasteiger partial charge on any atom is -0.177 e. The van der Waals surface area contributed by atoms with Crippen molar-refractivity contribution in [1.29, 1.82) is 0 Å². The molecule has 3 rings (SSSR count). The Morgan fingerprint density at radius 1 is 0.842 bits per heavy atom. The van der Waals surface area contributed by atoms with E-state index in [1.807, 2.05) is 12.1 Å². The van der Waals surface area contributed by atoms with Crippen molar-refractivity contribution in [3.63, 3.8) is 0 Å². The second-order valence-corrected chi connectivity index (χ2v) is 4.41. The first kappa shape index (κ1) is 11.6. The Labute approximate surface area is 111 Å². The van der Waals surface area contributed by atoms with Gasteiger partial charge in [0.2, 0.25) is 0 Å². The molecular weight excluding hydrogens is 236 g/mol. The lowest BCUT2D eigenvalue weighted by atomic mass is 9.88. The molecule has 0 aliphatic heterocycles. The molecule has 1 aromatic heterocycles. The molecule has 2 aromatic carbocycles. The first-order valence-corrected chi connectivity index (χ1v) is 6.25. The van der Waals surface area contributed by atoms with Gasteiger partial charge in [0.05, 0.1) is 0 Å². The predicted octanol–water partition coefficient (Wildman–Crippen LogP) is 2.57. The Balaban J connectivity index is 1.96. The van der Waals surface area contributed by atoms with E-state index in [2.05, 4.69) is 69.2 Å². The summed E-state index contributed by atoms with van der Waals surface area (Å²) in [5.74, 6) is 0.984. The molecule has 0 amide bonds. The molecule has 0 fully saturated rings. The van der Waals surface area contributed by atoms with E-state index in [4.69, 9.17) is 0 Å². The zero-order chi connectivity index (χ0) is 12.9. The molecule has 1 heterocycles. The van der Waals surface area contributed by atoms with E-state index in [1.54, 1.807) is 0 Å². The highest BCUT2D eigenvalue weighted by atomic mass is 15.5. The molecule has 4 nitrogen and oxygen atoms in total. The zero-order valence-corrected chi connectivity index (χ0v) is 10.4. The average molecular weight is 250 g/mol. The van der Waals surface area contributed by atoms with E-state index >= 15 is 0 Å². The lowest BCUT2D eigenvalue weighted by molar-refractivity contribution is 0.756. The van der Waals surface area contributed by atoms with Gasteiger partial charge < -0.3 is 0 Å². The van der Waals surface area contributed by atoms with Crippen molar-refractivity contribution in [2.75, 3.05) is 0 Å². The summed E-state index contributed by atoms with van der Waals surface area (Å²) in [7, 11) is 0. The van der Waals surface area contributed by atoms with Crippen LogP contribution in [0.5, 0.6) is 0 Å². The lowest BCUT2D eigenvalue weighted by Gasteiger charge is -2.16. The van der Waals surface area contributed by atoms with Crippen LogP contribution in [0.2, 0.25) is 0 Å². The largest absolute Gasteiger partial charge is 0.177 e. The van der Waals surface area contributed by atoms with Crippen LogP contribution < -0.4 is 0 Å². The van der Waals surface area contributed by atoms with E-state index in [0.717, 1.165) is 12.2 Å². The number of hydrogen-bond donors (Lipinski definition) is 1. The summed E-state index contributed by atoms with van der Waals surface area (Å²) in [6, 6.07) is 20.8. The Morgan fingerprint density at radius 3 is 1.89 bits per heavy atom. The monoisotopic (exact) mass is 250 g/mol. The van der Waals surface area contributed by atoms with Crippen molar-refractivity contribution in [3.05, 3.63) is 77.6 Å². The molecule has 0 radical (unpaired) electrons. The summed E-state index contributed by atoms with van der Waals surface area (Å²) in [4.78, 5) is 0. The number of H-pyrrole nitrogens is 1. The van der Waals surface area contributed by atoms with E-state index in [0.29, 0.717) is 0 Å². The van der Waals surface area contributed by atoms with Gasteiger partial charge in [-0.15, -0.1) is 10.2 Å². The van der Waals surface area contributed by atoms with Crippen molar-refractivity contribution in [1.82, 2.24) is 20.6 Å². The Kier molecular flexibility index (Phi) is 3.32. The van der Waals surface area contributed by atoms with Crippen molar-refractivity contribution in [2.45, 2.75) is 12.3 Å². The van der Waals surface area contributed by atoms with Crippen LogP contribution in [0.4, 0.5) is 0 Å². The van der Waals surface area contributed by atoms with Crippen LogP contribution in [0.1, 0.15) is 22.9 Å². The highest BCUT2D eigenvalue weighted by molar-refractivity contribution is 5.33. The maximum atomic E-state index is 4.06. The van der Waals surface area contributed by atoms with Crippen LogP contribution in [0.15, 0.2) is 60.7 Å². The second-order valence-electron chi connectivity index (χ2n) is 4.41. The second kappa shape index (κ2) is 5.44. The van der Waals surface area contributed by atoms with Crippen LogP contribution >= 0.6 is 0 Å². The highest BCUT2D eigenvalue weighted by Gasteiger charge is 2.16. The van der Waals surface area contributed by atoms with E-state index in [-0.39, 0.29) is 5.92 Å². The first-order chi connectivity index (χ1) is 9.43. The first-order valence-electron chi connectivity index (χ1n) is 6.25. The summed E-state index contributed by atoms with van der Waals surface area (Å²) in [5, 5.41) is 14.3. The fourth-order valence-corrected chi connectivity index (χ4v) is 2.25. The fourth-order valence-electron chi connectivity index (χ4n) is 2.25. The topological polar surface area (TPSA) is 54.5 Å². The quantitative estimate of drug-likeness (QED) is 0.774. The number of benzene rings is 2. The number of nitrogens with zero attached hydrogens (tertiary/aromatic N) is 3. The summed E-state index contributed by atoms with van der Waals surface area (Å²) in [5.41, 5.74) is 2.53. The molecule has 1 N–H and O–H groups in total. The fraction of sp³-hybridized carbons (Fsp3) is 0.133. The van der Waals surface area contributed by atoms with Gasteiger partial charge in [0, 0.05) is 12.3 Å². The summed E-state index contributed by atoms with van der Waals surface area (Å²) in [6.07, 6.45) is 0.741. The molecular formula is C15H14N4. The van der Waals surface area contributed by atoms with Crippen LogP contribution in [0.25, 0.3) is 0 Å². The number of aromatic amines is 1. The van der Waals surface area contributed by atoms with E-state index < -0.39 is 0 Å². The van der Waals surface area contributed by atoms with Gasteiger partial charge in [-0.1, -0.05) is 65.9 Å². The maximum absolute atomic E-state index is 4.06. The van der Waals surface area contributed by atoms with Gasteiger partial charge in [0.15, 0.2) is 5.82 Å². The number of nitrogens with one attached hydrogen (secondary N) is 1. The minimum atomic E-state index is 0.250. The Hall–Kier alpha value is -2.49. The molecule has 19 heavy (non-hydrogen) atoms. The van der Waals surface area contributed by atoms with Crippen molar-refractivity contribution >= 4 is 0 Å². The van der Waals surface area contributed by atoms with Gasteiger partial charge in [-0.05, 0) is 11.1 Å². The third kappa shape index (κ3) is 2.68. The number of rotatable bonds is 4. The molecule has 0 atom stereocenters. The summed E-state index contributed by atoms with van der Waals surface area (Å²) >= 11 is 0. The van der Waals surface area contributed by atoms with Gasteiger partial charge >= 0.3 is 0 Å². The van der Waals surface area contributed by atoms with Gasteiger partial charge in [0.25, 0.3) is 0 Å². The third-order valence-electron chi connectivity index (χ3n) is 3.18. The molecule has 3 aromatic rings. The van der Waals surface area contributed by atoms with Gasteiger partial charge in [-0.3, -0.25) is 0 Å². The van der Waals surface area contributed by atoms with Crippen LogP contribution in [-0.2, 0) is 6.42 Å². The molecule has 0 aliphatic rings. The predicted molar refractivity (Wildman–Crippen MR) is 72.6 cm³/mol. The molecule has 94 valence electrons. The summed E-state index contributed by atoms with van der Waals surface area (Å²) in [6.45, 7) is 0. The molecule has 0 bridgehead atoms. The highest BCUT2D eigenvalue weighted by Crippen LogP contribution is 2.27. The van der Waals surface area contributed by atoms with Gasteiger partial charge in [-0.2, -0.15) is 5.21 Å². The summed E-state index contributed by atoms with van der Waals surface area (Å²) < 4.78 is 0. The van der Waals surface area contributed by atoms with Crippen molar-refractivity contribution in [2.24, 2.45) is 0 Å². The normalized spacial score (nSPS) is 10.8. The average Bonchev–Trinajstić information content (AvgIpc) is 3.00. The van der Waals surface area contributed by atoms with Crippen molar-refractivity contribution < 1.29 is 0 Å². The molecule has 4 heteroatoms. The SMILES string of the molecule is c1ccc(C(Cc2nn[nH]n2)c2ccccc2)cc1. The Morgan fingerprint density at radius 2 is 1.42 bits per heavy atom. The van der Waals surface area contributed by atoms with Gasteiger partial charge in [-0.25, -0.2) is 0 Å². The smallest absolute Gasteiger partial charge is 0.175 e. The molecule has 0 unspecified atom stereocenters. The van der Waals surface area contributed by atoms with E-state index in [9.17, 15) is 0 Å². The van der Waals surface area contributed by atoms with Crippen LogP contribution in [0.3, 0.4) is 0 Å². The van der Waals surface area contributed by atoms with E-state index in [1.165, 1.54) is 11.1 Å². The van der Waals surface area contributed by atoms with Gasteiger partial charge in [0.1, 0.15) is 0 Å². The zero-order valence-electron chi connectivity index (χ0n) is 10.4. The minimum absolute atomic E-state index is 0.250. The van der Waals surface area contributed by atoms with Crippen LogP contribution in [0, 0.1) is 0 Å². The molecule has 0 spiro atoms. The maximum Gasteiger partial charge on any atom is 0.175 e. The molecule has 0 saturated heterocycles. The molecule has 0 saturated carbocycles. The van der Waals surface area contributed by atoms with Crippen LogP contribution in [-0.4, -0.2) is 20.6 Å².